The van der Waals surface area contributed by atoms with Gasteiger partial charge in [-0.15, -0.1) is 0 Å². The van der Waals surface area contributed by atoms with Crippen LogP contribution in [0.5, 0.6) is 0 Å². The Morgan fingerprint density at radius 3 is 0.545 bits per heavy atom. The molecule has 132 valence electrons. The van der Waals surface area contributed by atoms with Crippen LogP contribution in [-0.4, -0.2) is 82.0 Å². The number of hydrogen-bond acceptors (Lipinski definition) is 9. The molecule has 0 rings (SSSR count). The summed E-state index contributed by atoms with van der Waals surface area (Å²) in [7, 11) is -16.0. The summed E-state index contributed by atoms with van der Waals surface area (Å²) in [6.07, 6.45) is 0. The van der Waals surface area contributed by atoms with Gasteiger partial charge in [-0.25, -0.2) is 25.3 Å². The molecule has 0 aromatic heterocycles. The van der Waals surface area contributed by atoms with Gasteiger partial charge in [0.2, 0.25) is 0 Å². The Bertz CT molecular complexity index is 496. The quantitative estimate of drug-likeness (QED) is 0.338. The molecule has 19 heteroatoms. The van der Waals surface area contributed by atoms with E-state index in [9.17, 15) is 26.3 Å². The standard InChI is InChI=1S/3CH2F2O3S.In/c3*2-1(3)7(4,5)6;/h3*1H,(H,4,5,6);/q;;;+3/p-3. The van der Waals surface area contributed by atoms with Gasteiger partial charge in [-0.05, 0) is 0 Å². The van der Waals surface area contributed by atoms with Crippen LogP contribution in [0.4, 0.5) is 26.3 Å². The third kappa shape index (κ3) is 22.5. The molecule has 0 saturated heterocycles. The van der Waals surface area contributed by atoms with Crippen molar-refractivity contribution in [2.75, 3.05) is 0 Å². The summed E-state index contributed by atoms with van der Waals surface area (Å²) in [6, 6.07) is 0. The Morgan fingerprint density at radius 1 is 0.500 bits per heavy atom. The van der Waals surface area contributed by atoms with Crippen molar-refractivity contribution < 1.29 is 65.3 Å². The first kappa shape index (κ1) is 30.1. The first-order valence-corrected chi connectivity index (χ1v) is 7.93. The van der Waals surface area contributed by atoms with Gasteiger partial charge in [0.25, 0.3) is 0 Å². The minimum absolute atomic E-state index is 0. The summed E-state index contributed by atoms with van der Waals surface area (Å²) in [4.78, 5) is 0. The zero-order valence-electron chi connectivity index (χ0n) is 9.48. The second kappa shape index (κ2) is 11.7. The van der Waals surface area contributed by atoms with Gasteiger partial charge in [-0.2, -0.15) is 26.3 Å². The van der Waals surface area contributed by atoms with E-state index in [0.29, 0.717) is 0 Å². The Labute approximate surface area is 138 Å². The molecular formula is C3H3F6InO9S3. The molecule has 0 atom stereocenters. The van der Waals surface area contributed by atoms with E-state index < -0.39 is 47.6 Å². The van der Waals surface area contributed by atoms with Gasteiger partial charge in [-0.1, -0.05) is 0 Å². The smallest absolute Gasteiger partial charge is 0.744 e. The number of alkyl halides is 6. The minimum Gasteiger partial charge on any atom is -0.744 e. The van der Waals surface area contributed by atoms with E-state index in [4.69, 9.17) is 38.9 Å². The van der Waals surface area contributed by atoms with Crippen LogP contribution in [0.15, 0.2) is 0 Å². The molecule has 22 heavy (non-hydrogen) atoms. The summed E-state index contributed by atoms with van der Waals surface area (Å²) < 4.78 is 145. The maximum Gasteiger partial charge on any atom is 3.00 e. The van der Waals surface area contributed by atoms with Crippen molar-refractivity contribution in [3.8, 4) is 0 Å². The van der Waals surface area contributed by atoms with Gasteiger partial charge in [-0.3, -0.25) is 0 Å². The topological polar surface area (TPSA) is 172 Å². The van der Waals surface area contributed by atoms with Crippen molar-refractivity contribution in [3.63, 3.8) is 0 Å². The molecule has 0 aromatic carbocycles. The molecule has 0 saturated carbocycles. The fourth-order valence-electron chi connectivity index (χ4n) is 0. The maximum absolute atomic E-state index is 10.6. The predicted octanol–water partition coefficient (Wildman–Crippen LogP) is -1.12. The maximum atomic E-state index is 10.6. The molecule has 0 aliphatic carbocycles. The van der Waals surface area contributed by atoms with Crippen molar-refractivity contribution in [1.82, 2.24) is 0 Å². The summed E-state index contributed by atoms with van der Waals surface area (Å²) in [5.74, 6) is -11.4. The zero-order valence-corrected chi connectivity index (χ0v) is 15.2. The van der Waals surface area contributed by atoms with E-state index in [1.807, 2.05) is 0 Å². The second-order valence-electron chi connectivity index (χ2n) is 2.26. The molecule has 0 bridgehead atoms. The van der Waals surface area contributed by atoms with Crippen LogP contribution in [0, 0.1) is 0 Å². The van der Waals surface area contributed by atoms with Crippen LogP contribution in [0.3, 0.4) is 0 Å². The van der Waals surface area contributed by atoms with E-state index in [0.717, 1.165) is 0 Å². The van der Waals surface area contributed by atoms with Crippen molar-refractivity contribution in [2.45, 2.75) is 17.3 Å². The molecule has 9 nitrogen and oxygen atoms in total. The summed E-state index contributed by atoms with van der Waals surface area (Å²) in [5.41, 5.74) is 0. The Kier molecular flexibility index (Phi) is 16.0. The SMILES string of the molecule is O=S(=O)([O-])C(F)F.O=S(=O)([O-])C(F)F.O=S(=O)([O-])C(F)F.[In+3]. The van der Waals surface area contributed by atoms with Crippen molar-refractivity contribution in [1.29, 1.82) is 0 Å². The van der Waals surface area contributed by atoms with Crippen LogP contribution >= 0.6 is 0 Å². The van der Waals surface area contributed by atoms with Gasteiger partial charge in [0.1, 0.15) is 0 Å². The van der Waals surface area contributed by atoms with Gasteiger partial charge in [0, 0.05) is 0 Å². The molecule has 0 heterocycles. The van der Waals surface area contributed by atoms with Gasteiger partial charge in [0.05, 0.1) is 0 Å². The number of halogens is 6. The summed E-state index contributed by atoms with van der Waals surface area (Å²) in [6.45, 7) is 0. The molecule has 0 aliphatic rings. The first-order chi connectivity index (χ1) is 8.83. The zero-order chi connectivity index (χ0) is 18.2. The fourth-order valence-corrected chi connectivity index (χ4v) is 0. The van der Waals surface area contributed by atoms with Crippen LogP contribution in [-0.2, 0) is 30.4 Å². The average Bonchev–Trinajstić information content (AvgIpc) is 2.14. The molecule has 0 N–H and O–H groups in total. The van der Waals surface area contributed by atoms with Crippen LogP contribution < -0.4 is 0 Å². The van der Waals surface area contributed by atoms with Gasteiger partial charge < -0.3 is 13.7 Å². The molecule has 0 amide bonds. The van der Waals surface area contributed by atoms with Crippen LogP contribution in [0.2, 0.25) is 0 Å². The second-order valence-corrected chi connectivity index (χ2v) is 6.29. The van der Waals surface area contributed by atoms with Crippen LogP contribution in [0.25, 0.3) is 0 Å². The van der Waals surface area contributed by atoms with Crippen molar-refractivity contribution in [2.24, 2.45) is 0 Å². The van der Waals surface area contributed by atoms with E-state index in [2.05, 4.69) is 0 Å². The molecule has 0 aliphatic heterocycles. The van der Waals surface area contributed by atoms with E-state index in [1.165, 1.54) is 0 Å². The normalized spacial score (nSPS) is 12.0. The van der Waals surface area contributed by atoms with Gasteiger partial charge >= 0.3 is 43.1 Å². The van der Waals surface area contributed by atoms with Gasteiger partial charge in [0.15, 0.2) is 30.4 Å². The average molecular weight is 508 g/mol. The minimum atomic E-state index is -5.32. The predicted molar refractivity (Wildman–Crippen MR) is 52.9 cm³/mol. The van der Waals surface area contributed by atoms with E-state index in [1.54, 1.807) is 0 Å². The van der Waals surface area contributed by atoms with E-state index >= 15 is 0 Å². The van der Waals surface area contributed by atoms with Crippen molar-refractivity contribution >= 4 is 56.2 Å². The number of hydrogen-bond donors (Lipinski definition) is 0. The van der Waals surface area contributed by atoms with Crippen LogP contribution in [0.1, 0.15) is 0 Å². The largest absolute Gasteiger partial charge is 3.00 e. The number of rotatable bonds is 3. The summed E-state index contributed by atoms with van der Waals surface area (Å²) >= 11 is 0. The molecular weight excluding hydrogens is 505 g/mol. The molecule has 0 unspecified atom stereocenters. The Balaban J connectivity index is -0.000000108. The third-order valence-corrected chi connectivity index (χ3v) is 1.96. The molecule has 0 radical (unpaired) electrons. The molecule has 0 aromatic rings. The summed E-state index contributed by atoms with van der Waals surface area (Å²) in [5, 5.41) is 0. The monoisotopic (exact) mass is 508 g/mol. The Morgan fingerprint density at radius 2 is 0.545 bits per heavy atom. The molecule has 0 fully saturated rings. The first-order valence-electron chi connectivity index (χ1n) is 3.52. The van der Waals surface area contributed by atoms with E-state index in [-0.39, 0.29) is 25.8 Å². The fraction of sp³-hybridized carbons (Fsp3) is 1.00. The van der Waals surface area contributed by atoms with Crippen molar-refractivity contribution in [3.05, 3.63) is 0 Å². The third-order valence-electron chi connectivity index (χ3n) is 0.655. The Hall–Kier alpha value is 0.180. The molecule has 0 spiro atoms.